The van der Waals surface area contributed by atoms with Gasteiger partial charge in [-0.05, 0) is 30.4 Å². The van der Waals surface area contributed by atoms with Crippen LogP contribution in [0.5, 0.6) is 0 Å². The maximum absolute atomic E-state index is 12.9. The molecule has 0 heterocycles. The highest BCUT2D eigenvalue weighted by Crippen LogP contribution is 2.08. The Labute approximate surface area is 239 Å². The molecule has 216 valence electrons. The van der Waals surface area contributed by atoms with Gasteiger partial charge in [0.2, 0.25) is 17.7 Å². The number of ether oxygens (including phenoxy) is 1. The molecule has 11 heteroatoms. The first-order chi connectivity index (χ1) is 19.1. The molecule has 0 bridgehead atoms. The SMILES string of the molecule is CC(C)C[C@H](NC(=O)[C@H](C)NC(=O)CNC(=O)[C@H](Cc1ccccc1)NC(=O)OCc1ccccc1)C(=O)CCl. The van der Waals surface area contributed by atoms with Crippen molar-refractivity contribution in [3.63, 3.8) is 0 Å². The third-order valence-electron chi connectivity index (χ3n) is 5.84. The van der Waals surface area contributed by atoms with Crippen molar-refractivity contribution in [2.24, 2.45) is 5.92 Å². The molecular weight excluding hydrogens is 536 g/mol. The van der Waals surface area contributed by atoms with Gasteiger partial charge in [-0.15, -0.1) is 11.6 Å². The van der Waals surface area contributed by atoms with Crippen molar-refractivity contribution in [3.05, 3.63) is 71.8 Å². The van der Waals surface area contributed by atoms with Gasteiger partial charge in [-0.2, -0.15) is 0 Å². The minimum absolute atomic E-state index is 0.0310. The van der Waals surface area contributed by atoms with Gasteiger partial charge in [-0.1, -0.05) is 74.5 Å². The molecule has 2 rings (SSSR count). The molecular formula is C29H37ClN4O6. The van der Waals surface area contributed by atoms with Gasteiger partial charge >= 0.3 is 6.09 Å². The summed E-state index contributed by atoms with van der Waals surface area (Å²) < 4.78 is 5.25. The number of hydrogen-bond donors (Lipinski definition) is 4. The van der Waals surface area contributed by atoms with Gasteiger partial charge in [0.05, 0.1) is 18.5 Å². The molecule has 0 aliphatic rings. The Morgan fingerprint density at radius 3 is 1.95 bits per heavy atom. The second kappa shape index (κ2) is 16.9. The van der Waals surface area contributed by atoms with Crippen LogP contribution in [-0.2, 0) is 36.9 Å². The fraction of sp³-hybridized carbons (Fsp3) is 0.414. The molecule has 0 fully saturated rings. The van der Waals surface area contributed by atoms with Gasteiger partial charge in [0.15, 0.2) is 5.78 Å². The summed E-state index contributed by atoms with van der Waals surface area (Å²) in [4.78, 5) is 62.5. The lowest BCUT2D eigenvalue weighted by atomic mass is 10.0. The Morgan fingerprint density at radius 2 is 1.38 bits per heavy atom. The highest BCUT2D eigenvalue weighted by molar-refractivity contribution is 6.28. The van der Waals surface area contributed by atoms with Crippen molar-refractivity contribution in [2.45, 2.75) is 58.3 Å². The third kappa shape index (κ3) is 11.9. The van der Waals surface area contributed by atoms with Crippen molar-refractivity contribution < 1.29 is 28.7 Å². The smallest absolute Gasteiger partial charge is 0.408 e. The standard InChI is InChI=1S/C29H37ClN4O6/c1-19(2)14-23(25(35)16-30)33-27(37)20(3)32-26(36)17-31-28(38)24(15-21-10-6-4-7-11-21)34-29(39)40-18-22-12-8-5-9-13-22/h4-13,19-20,23-24H,14-18H2,1-3H3,(H,31,38)(H,32,36)(H,33,37)(H,34,39)/t20-,23-,24-/m0/s1. The number of rotatable bonds is 15. The molecule has 4 amide bonds. The second-order valence-electron chi connectivity index (χ2n) is 9.75. The number of amides is 4. The minimum Gasteiger partial charge on any atom is -0.445 e. The van der Waals surface area contributed by atoms with E-state index in [1.807, 2.05) is 74.5 Å². The van der Waals surface area contributed by atoms with E-state index in [0.29, 0.717) is 6.42 Å². The van der Waals surface area contributed by atoms with Crippen molar-refractivity contribution in [1.29, 1.82) is 0 Å². The van der Waals surface area contributed by atoms with E-state index in [2.05, 4.69) is 21.3 Å². The lowest BCUT2D eigenvalue weighted by molar-refractivity contribution is -0.131. The van der Waals surface area contributed by atoms with Crippen LogP contribution in [0.3, 0.4) is 0 Å². The zero-order valence-corrected chi connectivity index (χ0v) is 23.7. The number of alkyl halides is 1. The van der Waals surface area contributed by atoms with Crippen LogP contribution in [0.2, 0.25) is 0 Å². The van der Waals surface area contributed by atoms with E-state index >= 15 is 0 Å². The van der Waals surface area contributed by atoms with Crippen LogP contribution in [0, 0.1) is 5.92 Å². The maximum atomic E-state index is 12.9. The third-order valence-corrected chi connectivity index (χ3v) is 6.11. The van der Waals surface area contributed by atoms with Crippen molar-refractivity contribution in [3.8, 4) is 0 Å². The molecule has 0 aliphatic carbocycles. The molecule has 3 atom stereocenters. The van der Waals surface area contributed by atoms with Gasteiger partial charge in [0.25, 0.3) is 0 Å². The molecule has 0 spiro atoms. The van der Waals surface area contributed by atoms with Gasteiger partial charge in [-0.3, -0.25) is 19.2 Å². The summed E-state index contributed by atoms with van der Waals surface area (Å²) >= 11 is 5.66. The van der Waals surface area contributed by atoms with Crippen LogP contribution >= 0.6 is 11.6 Å². The summed E-state index contributed by atoms with van der Waals surface area (Å²) in [5.74, 6) is -2.17. The second-order valence-corrected chi connectivity index (χ2v) is 10.0. The zero-order valence-electron chi connectivity index (χ0n) is 22.9. The average molecular weight is 573 g/mol. The molecule has 40 heavy (non-hydrogen) atoms. The number of benzene rings is 2. The largest absolute Gasteiger partial charge is 0.445 e. The number of halogens is 1. The lowest BCUT2D eigenvalue weighted by Gasteiger charge is -2.22. The van der Waals surface area contributed by atoms with E-state index in [4.69, 9.17) is 16.3 Å². The van der Waals surface area contributed by atoms with Crippen molar-refractivity contribution >= 4 is 41.2 Å². The topological polar surface area (TPSA) is 143 Å². The van der Waals surface area contributed by atoms with E-state index in [1.165, 1.54) is 6.92 Å². The Morgan fingerprint density at radius 1 is 0.775 bits per heavy atom. The Bertz CT molecular complexity index is 1130. The molecule has 2 aromatic rings. The number of carbonyl (C=O) groups is 5. The first-order valence-corrected chi connectivity index (χ1v) is 13.6. The molecule has 0 aliphatic heterocycles. The van der Waals surface area contributed by atoms with E-state index < -0.39 is 48.5 Å². The van der Waals surface area contributed by atoms with Crippen molar-refractivity contribution in [1.82, 2.24) is 21.3 Å². The van der Waals surface area contributed by atoms with Gasteiger partial charge in [-0.25, -0.2) is 4.79 Å². The maximum Gasteiger partial charge on any atom is 0.408 e. The quantitative estimate of drug-likeness (QED) is 0.242. The average Bonchev–Trinajstić information content (AvgIpc) is 2.94. The molecule has 10 nitrogen and oxygen atoms in total. The Balaban J connectivity index is 1.92. The molecule has 0 saturated carbocycles. The number of hydrogen-bond acceptors (Lipinski definition) is 6. The molecule has 4 N–H and O–H groups in total. The fourth-order valence-corrected chi connectivity index (χ4v) is 3.93. The molecule has 0 aromatic heterocycles. The zero-order chi connectivity index (χ0) is 29.5. The molecule has 2 aromatic carbocycles. The summed E-state index contributed by atoms with van der Waals surface area (Å²) in [6.45, 7) is 4.89. The highest BCUT2D eigenvalue weighted by atomic mass is 35.5. The predicted octanol–water partition coefficient (Wildman–Crippen LogP) is 2.48. The number of alkyl carbamates (subject to hydrolysis) is 1. The Kier molecular flexibility index (Phi) is 13.7. The summed E-state index contributed by atoms with van der Waals surface area (Å²) in [5, 5.41) is 10.2. The van der Waals surface area contributed by atoms with Crippen LogP contribution in [-0.4, -0.2) is 60.1 Å². The van der Waals surface area contributed by atoms with Crippen LogP contribution < -0.4 is 21.3 Å². The lowest BCUT2D eigenvalue weighted by Crippen LogP contribution is -2.53. The molecule has 0 radical (unpaired) electrons. The van der Waals surface area contributed by atoms with Crippen LogP contribution in [0.25, 0.3) is 0 Å². The van der Waals surface area contributed by atoms with Crippen molar-refractivity contribution in [2.75, 3.05) is 12.4 Å². The van der Waals surface area contributed by atoms with Crippen LogP contribution in [0.1, 0.15) is 38.3 Å². The van der Waals surface area contributed by atoms with Crippen LogP contribution in [0.4, 0.5) is 4.79 Å². The molecule has 0 unspecified atom stereocenters. The van der Waals surface area contributed by atoms with Crippen LogP contribution in [0.15, 0.2) is 60.7 Å². The van der Waals surface area contributed by atoms with Gasteiger partial charge in [0.1, 0.15) is 18.7 Å². The fourth-order valence-electron chi connectivity index (χ4n) is 3.75. The number of Topliss-reactive ketones (excluding diaryl/α,β-unsaturated/α-hetero) is 1. The van der Waals surface area contributed by atoms with Gasteiger partial charge < -0.3 is 26.0 Å². The monoisotopic (exact) mass is 572 g/mol. The van der Waals surface area contributed by atoms with E-state index in [-0.39, 0.29) is 30.6 Å². The van der Waals surface area contributed by atoms with E-state index in [9.17, 15) is 24.0 Å². The normalized spacial score (nSPS) is 12.9. The predicted molar refractivity (Wildman–Crippen MR) is 151 cm³/mol. The number of carbonyl (C=O) groups excluding carboxylic acids is 5. The number of nitrogens with one attached hydrogen (secondary N) is 4. The van der Waals surface area contributed by atoms with Gasteiger partial charge in [0, 0.05) is 6.42 Å². The molecule has 0 saturated heterocycles. The highest BCUT2D eigenvalue weighted by Gasteiger charge is 2.26. The van der Waals surface area contributed by atoms with E-state index in [0.717, 1.165) is 11.1 Å². The first kappa shape index (κ1) is 32.3. The van der Waals surface area contributed by atoms with E-state index in [1.54, 1.807) is 0 Å². The summed E-state index contributed by atoms with van der Waals surface area (Å²) in [6.07, 6.45) is -0.200. The first-order valence-electron chi connectivity index (χ1n) is 13.1. The minimum atomic E-state index is -1.02. The number of ketones is 1. The summed E-state index contributed by atoms with van der Waals surface area (Å²) in [7, 11) is 0. The summed E-state index contributed by atoms with van der Waals surface area (Å²) in [6, 6.07) is 15.4. The Hall–Kier alpha value is -3.92. The summed E-state index contributed by atoms with van der Waals surface area (Å²) in [5.41, 5.74) is 1.59.